The van der Waals surface area contributed by atoms with Gasteiger partial charge in [0.05, 0.1) is 24.8 Å². The minimum absolute atomic E-state index is 0.0594. The molecule has 0 bridgehead atoms. The maximum atomic E-state index is 11.5. The molecule has 0 atom stereocenters. The second-order valence-corrected chi connectivity index (χ2v) is 3.62. The molecule has 0 spiro atoms. The van der Waals surface area contributed by atoms with Crippen LogP contribution in [0.5, 0.6) is 5.75 Å². The van der Waals surface area contributed by atoms with Gasteiger partial charge in [0.2, 0.25) is 5.91 Å². The van der Waals surface area contributed by atoms with E-state index in [4.69, 9.17) is 9.84 Å². The van der Waals surface area contributed by atoms with Crippen LogP contribution < -0.4 is 9.64 Å². The maximum absolute atomic E-state index is 11.5. The van der Waals surface area contributed by atoms with Crippen LogP contribution in [0, 0.1) is 0 Å². The zero-order valence-electron chi connectivity index (χ0n) is 8.98. The lowest BCUT2D eigenvalue weighted by Crippen LogP contribution is -2.21. The number of likely N-dealkylation sites (N-methyl/N-ethyl adjacent to an activating group) is 1. The van der Waals surface area contributed by atoms with Crippen molar-refractivity contribution in [2.75, 3.05) is 19.1 Å². The number of carboxylic acids is 1. The smallest absolute Gasteiger partial charge is 0.335 e. The Kier molecular flexibility index (Phi) is 2.30. The van der Waals surface area contributed by atoms with Crippen molar-refractivity contribution in [2.24, 2.45) is 0 Å². The molecular formula is C11H11NO4. The summed E-state index contributed by atoms with van der Waals surface area (Å²) < 4.78 is 5.11. The lowest BCUT2D eigenvalue weighted by atomic mass is 10.1. The molecule has 0 fully saturated rings. The molecule has 1 heterocycles. The van der Waals surface area contributed by atoms with Gasteiger partial charge in [-0.3, -0.25) is 4.79 Å². The molecule has 16 heavy (non-hydrogen) atoms. The summed E-state index contributed by atoms with van der Waals surface area (Å²) in [6.45, 7) is 0. The van der Waals surface area contributed by atoms with Gasteiger partial charge in [-0.1, -0.05) is 0 Å². The van der Waals surface area contributed by atoms with Gasteiger partial charge in [0.25, 0.3) is 0 Å². The van der Waals surface area contributed by atoms with Gasteiger partial charge in [0.15, 0.2) is 0 Å². The van der Waals surface area contributed by atoms with E-state index < -0.39 is 5.97 Å². The van der Waals surface area contributed by atoms with Gasteiger partial charge in [-0.05, 0) is 17.7 Å². The highest BCUT2D eigenvalue weighted by atomic mass is 16.5. The second-order valence-electron chi connectivity index (χ2n) is 3.62. The highest BCUT2D eigenvalue weighted by Crippen LogP contribution is 2.37. The average Bonchev–Trinajstić information content (AvgIpc) is 2.53. The molecule has 5 nitrogen and oxygen atoms in total. The van der Waals surface area contributed by atoms with Gasteiger partial charge in [0, 0.05) is 7.05 Å². The van der Waals surface area contributed by atoms with Crippen LogP contribution >= 0.6 is 0 Å². The van der Waals surface area contributed by atoms with Crippen LogP contribution in [0.25, 0.3) is 0 Å². The second kappa shape index (κ2) is 3.52. The van der Waals surface area contributed by atoms with E-state index in [1.807, 2.05) is 0 Å². The van der Waals surface area contributed by atoms with Gasteiger partial charge >= 0.3 is 5.97 Å². The quantitative estimate of drug-likeness (QED) is 0.806. The maximum Gasteiger partial charge on any atom is 0.335 e. The summed E-state index contributed by atoms with van der Waals surface area (Å²) in [5.41, 5.74) is 1.50. The number of rotatable bonds is 2. The first-order valence-corrected chi connectivity index (χ1v) is 4.75. The third kappa shape index (κ3) is 1.41. The zero-order chi connectivity index (χ0) is 11.9. The summed E-state index contributed by atoms with van der Waals surface area (Å²) in [5, 5.41) is 8.91. The Morgan fingerprint density at radius 2 is 2.19 bits per heavy atom. The number of benzene rings is 1. The van der Waals surface area contributed by atoms with E-state index in [2.05, 4.69) is 0 Å². The lowest BCUT2D eigenvalue weighted by molar-refractivity contribution is -0.117. The van der Waals surface area contributed by atoms with E-state index in [1.54, 1.807) is 7.05 Å². The summed E-state index contributed by atoms with van der Waals surface area (Å²) in [6, 6.07) is 2.94. The van der Waals surface area contributed by atoms with Crippen LogP contribution in [0.1, 0.15) is 15.9 Å². The molecule has 1 amide bonds. The molecule has 84 valence electrons. The predicted molar refractivity (Wildman–Crippen MR) is 57.1 cm³/mol. The van der Waals surface area contributed by atoms with E-state index in [1.165, 1.54) is 24.1 Å². The molecule has 0 radical (unpaired) electrons. The van der Waals surface area contributed by atoms with Crippen LogP contribution in [0.4, 0.5) is 5.69 Å². The molecule has 5 heteroatoms. The van der Waals surface area contributed by atoms with Gasteiger partial charge in [-0.2, -0.15) is 0 Å². The van der Waals surface area contributed by atoms with Crippen LogP contribution in [0.2, 0.25) is 0 Å². The Balaban J connectivity index is 2.62. The highest BCUT2D eigenvalue weighted by molar-refractivity contribution is 6.04. The zero-order valence-corrected chi connectivity index (χ0v) is 8.98. The van der Waals surface area contributed by atoms with E-state index in [0.717, 1.165) is 0 Å². The fraction of sp³-hybridized carbons (Fsp3) is 0.273. The lowest BCUT2D eigenvalue weighted by Gasteiger charge is -2.14. The predicted octanol–water partition coefficient (Wildman–Crippen LogP) is 0.912. The molecule has 0 saturated heterocycles. The number of aromatic carboxylic acids is 1. The Bertz CT molecular complexity index is 481. The van der Waals surface area contributed by atoms with Crippen molar-refractivity contribution in [2.45, 2.75) is 6.42 Å². The standard InChI is InChI=1S/C11H11NO4/c1-12-9(13)5-6-3-7(11(14)15)4-8(16-2)10(6)12/h3-4H,5H2,1-2H3,(H,14,15). The third-order valence-corrected chi connectivity index (χ3v) is 2.67. The number of fused-ring (bicyclic) bond motifs is 1. The van der Waals surface area contributed by atoms with E-state index in [-0.39, 0.29) is 17.9 Å². The van der Waals surface area contributed by atoms with Crippen molar-refractivity contribution < 1.29 is 19.4 Å². The summed E-state index contributed by atoms with van der Waals surface area (Å²) >= 11 is 0. The normalized spacial score (nSPS) is 13.9. The number of hydrogen-bond donors (Lipinski definition) is 1. The minimum Gasteiger partial charge on any atom is -0.495 e. The molecule has 0 unspecified atom stereocenters. The first-order valence-electron chi connectivity index (χ1n) is 4.75. The number of nitrogens with zero attached hydrogens (tertiary/aromatic N) is 1. The van der Waals surface area contributed by atoms with Crippen molar-refractivity contribution in [3.05, 3.63) is 23.3 Å². The van der Waals surface area contributed by atoms with Gasteiger partial charge in [-0.25, -0.2) is 4.79 Å². The number of methoxy groups -OCH3 is 1. The number of anilines is 1. The van der Waals surface area contributed by atoms with Crippen LogP contribution in [0.3, 0.4) is 0 Å². The number of hydrogen-bond acceptors (Lipinski definition) is 3. The summed E-state index contributed by atoms with van der Waals surface area (Å²) in [5.74, 6) is -0.665. The molecule has 2 rings (SSSR count). The molecule has 1 N–H and O–H groups in total. The molecule has 0 aliphatic carbocycles. The number of carbonyl (C=O) groups is 2. The topological polar surface area (TPSA) is 66.8 Å². The van der Waals surface area contributed by atoms with Crippen LogP contribution in [-0.2, 0) is 11.2 Å². The molecule has 0 aromatic heterocycles. The number of ether oxygens (including phenoxy) is 1. The minimum atomic E-state index is -1.02. The molecule has 1 aromatic rings. The van der Waals surface area contributed by atoms with Crippen LogP contribution in [0.15, 0.2) is 12.1 Å². The summed E-state index contributed by atoms with van der Waals surface area (Å²) in [6.07, 6.45) is 0.226. The highest BCUT2D eigenvalue weighted by Gasteiger charge is 2.28. The van der Waals surface area contributed by atoms with Crippen molar-refractivity contribution in [1.82, 2.24) is 0 Å². The van der Waals surface area contributed by atoms with Crippen molar-refractivity contribution in [3.8, 4) is 5.75 Å². The third-order valence-electron chi connectivity index (χ3n) is 2.67. The van der Waals surface area contributed by atoms with Gasteiger partial charge in [-0.15, -0.1) is 0 Å². The Hall–Kier alpha value is -2.04. The largest absolute Gasteiger partial charge is 0.495 e. The fourth-order valence-corrected chi connectivity index (χ4v) is 1.87. The number of carbonyl (C=O) groups excluding carboxylic acids is 1. The van der Waals surface area contributed by atoms with Crippen molar-refractivity contribution in [3.63, 3.8) is 0 Å². The fourth-order valence-electron chi connectivity index (χ4n) is 1.87. The SMILES string of the molecule is COc1cc(C(=O)O)cc2c1N(C)C(=O)C2. The summed E-state index contributed by atoms with van der Waals surface area (Å²) in [4.78, 5) is 23.9. The molecular weight excluding hydrogens is 210 g/mol. The molecule has 1 aromatic carbocycles. The average molecular weight is 221 g/mol. The first-order chi connectivity index (χ1) is 7.54. The Morgan fingerprint density at radius 3 is 2.75 bits per heavy atom. The van der Waals surface area contributed by atoms with E-state index >= 15 is 0 Å². The van der Waals surface area contributed by atoms with Crippen molar-refractivity contribution in [1.29, 1.82) is 0 Å². The van der Waals surface area contributed by atoms with Gasteiger partial charge < -0.3 is 14.7 Å². The molecule has 1 aliphatic heterocycles. The van der Waals surface area contributed by atoms with Crippen LogP contribution in [-0.4, -0.2) is 31.1 Å². The summed E-state index contributed by atoms with van der Waals surface area (Å²) in [7, 11) is 3.11. The number of carboxylic acid groups (broad SMARTS) is 1. The van der Waals surface area contributed by atoms with Crippen molar-refractivity contribution >= 4 is 17.6 Å². The number of amides is 1. The van der Waals surface area contributed by atoms with E-state index in [0.29, 0.717) is 17.0 Å². The molecule has 0 saturated carbocycles. The first kappa shape index (κ1) is 10.5. The Morgan fingerprint density at radius 1 is 1.50 bits per heavy atom. The monoisotopic (exact) mass is 221 g/mol. The Labute approximate surface area is 92.2 Å². The van der Waals surface area contributed by atoms with E-state index in [9.17, 15) is 9.59 Å². The molecule has 1 aliphatic rings. The van der Waals surface area contributed by atoms with Gasteiger partial charge in [0.1, 0.15) is 5.75 Å².